The fourth-order valence-corrected chi connectivity index (χ4v) is 1.59. The van der Waals surface area contributed by atoms with E-state index in [9.17, 15) is 9.18 Å². The van der Waals surface area contributed by atoms with Crippen LogP contribution in [0.15, 0.2) is 17.3 Å². The van der Waals surface area contributed by atoms with Crippen molar-refractivity contribution >= 4 is 35.0 Å². The summed E-state index contributed by atoms with van der Waals surface area (Å²) in [4.78, 5) is 10.5. The third kappa shape index (κ3) is 2.32. The Labute approximate surface area is 76.9 Å². The van der Waals surface area contributed by atoms with Crippen molar-refractivity contribution < 1.29 is 14.3 Å². The lowest BCUT2D eigenvalue weighted by molar-refractivity contribution is -0.134. The third-order valence-electron chi connectivity index (χ3n) is 1.06. The van der Waals surface area contributed by atoms with Gasteiger partial charge in [-0.2, -0.15) is 4.39 Å². The Balaban J connectivity index is 2.87. The number of rotatable bonds is 2. The van der Waals surface area contributed by atoms with Crippen LogP contribution in [0.4, 0.5) is 4.39 Å². The Kier molecular flexibility index (Phi) is 2.83. The van der Waals surface area contributed by atoms with Gasteiger partial charge in [-0.05, 0) is 12.1 Å². The fraction of sp³-hybridized carbons (Fsp3) is 0. The number of carbonyl (C=O) groups is 1. The highest BCUT2D eigenvalue weighted by Crippen LogP contribution is 2.21. The van der Waals surface area contributed by atoms with Crippen molar-refractivity contribution in [2.24, 2.45) is 0 Å². The first-order valence-corrected chi connectivity index (χ1v) is 4.20. The summed E-state index contributed by atoms with van der Waals surface area (Å²) < 4.78 is 12.4. The van der Waals surface area contributed by atoms with Gasteiger partial charge in [0, 0.05) is 10.3 Å². The maximum Gasteiger partial charge on any atom is 0.364 e. The molecular weight excluding hydrogens is 203 g/mol. The van der Waals surface area contributed by atoms with Crippen molar-refractivity contribution in [3.8, 4) is 0 Å². The molecule has 0 bridgehead atoms. The summed E-state index contributed by atoms with van der Waals surface area (Å²) in [5.74, 6) is -2.76. The molecule has 0 fully saturated rings. The van der Waals surface area contributed by atoms with Crippen LogP contribution in [0.5, 0.6) is 0 Å². The molecule has 0 unspecified atom stereocenters. The maximum absolute atomic E-state index is 12.4. The molecule has 1 N–H and O–H groups in total. The minimum atomic E-state index is -1.57. The van der Waals surface area contributed by atoms with E-state index in [-0.39, 0.29) is 0 Å². The van der Waals surface area contributed by atoms with Gasteiger partial charge >= 0.3 is 5.97 Å². The van der Waals surface area contributed by atoms with E-state index in [1.807, 2.05) is 0 Å². The molecule has 64 valence electrons. The monoisotopic (exact) mass is 206 g/mol. The Morgan fingerprint density at radius 3 is 2.83 bits per heavy atom. The van der Waals surface area contributed by atoms with Gasteiger partial charge in [-0.3, -0.25) is 0 Å². The van der Waals surface area contributed by atoms with Crippen LogP contribution < -0.4 is 0 Å². The summed E-state index contributed by atoms with van der Waals surface area (Å²) >= 11 is 6.72. The second kappa shape index (κ2) is 3.69. The second-order valence-corrected chi connectivity index (χ2v) is 3.34. The van der Waals surface area contributed by atoms with Crippen LogP contribution in [-0.2, 0) is 4.79 Å². The van der Waals surface area contributed by atoms with Gasteiger partial charge in [-0.15, -0.1) is 11.3 Å². The summed E-state index contributed by atoms with van der Waals surface area (Å²) in [6.07, 6.45) is 0.929. The number of carboxylic acids is 1. The standard InChI is InChI=1S/C7H4ClFO2S/c8-4-1-5(12-3-4)2-6(9)7(10)11/h1-3H,(H,10,11)/b6-2-. The largest absolute Gasteiger partial charge is 0.476 e. The molecule has 12 heavy (non-hydrogen) atoms. The van der Waals surface area contributed by atoms with Gasteiger partial charge in [-0.1, -0.05) is 11.6 Å². The quantitative estimate of drug-likeness (QED) is 0.756. The van der Waals surface area contributed by atoms with E-state index in [0.29, 0.717) is 9.90 Å². The first-order valence-electron chi connectivity index (χ1n) is 2.94. The van der Waals surface area contributed by atoms with Crippen LogP contribution in [0.25, 0.3) is 6.08 Å². The molecule has 0 aliphatic heterocycles. The van der Waals surface area contributed by atoms with Gasteiger partial charge in [0.2, 0.25) is 5.83 Å². The van der Waals surface area contributed by atoms with Crippen LogP contribution >= 0.6 is 22.9 Å². The van der Waals surface area contributed by atoms with Crippen molar-refractivity contribution in [3.05, 3.63) is 27.2 Å². The van der Waals surface area contributed by atoms with Crippen molar-refractivity contribution in [3.63, 3.8) is 0 Å². The molecule has 0 atom stereocenters. The summed E-state index contributed by atoms with van der Waals surface area (Å²) in [5.41, 5.74) is 0. The molecule has 1 aromatic heterocycles. The predicted molar refractivity (Wildman–Crippen MR) is 46.0 cm³/mol. The lowest BCUT2D eigenvalue weighted by Gasteiger charge is -1.85. The van der Waals surface area contributed by atoms with E-state index in [1.165, 1.54) is 17.4 Å². The molecule has 1 aromatic rings. The van der Waals surface area contributed by atoms with Crippen LogP contribution in [-0.4, -0.2) is 11.1 Å². The molecule has 0 spiro atoms. The maximum atomic E-state index is 12.4. The zero-order valence-electron chi connectivity index (χ0n) is 5.75. The van der Waals surface area contributed by atoms with Gasteiger partial charge in [0.15, 0.2) is 0 Å². The fourth-order valence-electron chi connectivity index (χ4n) is 0.591. The summed E-state index contributed by atoms with van der Waals surface area (Å²) in [6.45, 7) is 0. The highest BCUT2D eigenvalue weighted by atomic mass is 35.5. The van der Waals surface area contributed by atoms with E-state index < -0.39 is 11.8 Å². The van der Waals surface area contributed by atoms with Gasteiger partial charge in [-0.25, -0.2) is 4.79 Å². The van der Waals surface area contributed by atoms with Crippen molar-refractivity contribution in [2.45, 2.75) is 0 Å². The number of halogens is 2. The highest BCUT2D eigenvalue weighted by Gasteiger charge is 2.05. The molecule has 0 aromatic carbocycles. The molecular formula is C7H4ClFO2S. The van der Waals surface area contributed by atoms with E-state index >= 15 is 0 Å². The predicted octanol–water partition coefficient (Wildman–Crippen LogP) is 2.80. The summed E-state index contributed by atoms with van der Waals surface area (Å²) in [5, 5.41) is 10.3. The van der Waals surface area contributed by atoms with E-state index in [1.54, 1.807) is 5.38 Å². The zero-order chi connectivity index (χ0) is 9.14. The highest BCUT2D eigenvalue weighted by molar-refractivity contribution is 7.11. The van der Waals surface area contributed by atoms with Crippen molar-refractivity contribution in [1.82, 2.24) is 0 Å². The van der Waals surface area contributed by atoms with Gasteiger partial charge in [0.25, 0.3) is 0 Å². The van der Waals surface area contributed by atoms with E-state index in [2.05, 4.69) is 0 Å². The molecule has 0 amide bonds. The lowest BCUT2D eigenvalue weighted by Crippen LogP contribution is -1.93. The zero-order valence-corrected chi connectivity index (χ0v) is 7.32. The molecule has 0 radical (unpaired) electrons. The van der Waals surface area contributed by atoms with Crippen LogP contribution in [0.3, 0.4) is 0 Å². The third-order valence-corrected chi connectivity index (χ3v) is 2.29. The molecule has 0 aliphatic carbocycles. The normalized spacial score (nSPS) is 11.7. The van der Waals surface area contributed by atoms with E-state index in [4.69, 9.17) is 16.7 Å². The first-order chi connectivity index (χ1) is 5.59. The molecule has 0 saturated heterocycles. The average molecular weight is 207 g/mol. The van der Waals surface area contributed by atoms with Crippen molar-refractivity contribution in [1.29, 1.82) is 0 Å². The smallest absolute Gasteiger partial charge is 0.364 e. The topological polar surface area (TPSA) is 37.3 Å². The molecule has 0 saturated carbocycles. The second-order valence-electron chi connectivity index (χ2n) is 1.96. The van der Waals surface area contributed by atoms with Gasteiger partial charge < -0.3 is 5.11 Å². The van der Waals surface area contributed by atoms with Crippen molar-refractivity contribution in [2.75, 3.05) is 0 Å². The summed E-state index contributed by atoms with van der Waals surface area (Å²) in [6, 6.07) is 1.49. The molecule has 5 heteroatoms. The van der Waals surface area contributed by atoms with Crippen LogP contribution in [0.1, 0.15) is 4.88 Å². The molecule has 0 aliphatic rings. The Morgan fingerprint density at radius 2 is 2.42 bits per heavy atom. The van der Waals surface area contributed by atoms with Crippen LogP contribution in [0.2, 0.25) is 5.02 Å². The minimum Gasteiger partial charge on any atom is -0.476 e. The number of hydrogen-bond donors (Lipinski definition) is 1. The number of hydrogen-bond acceptors (Lipinski definition) is 2. The van der Waals surface area contributed by atoms with E-state index in [0.717, 1.165) is 6.08 Å². The Morgan fingerprint density at radius 1 is 1.75 bits per heavy atom. The van der Waals surface area contributed by atoms with Gasteiger partial charge in [0.1, 0.15) is 0 Å². The number of carboxylic acid groups (broad SMARTS) is 1. The molecule has 1 heterocycles. The first kappa shape index (κ1) is 9.22. The SMILES string of the molecule is O=C(O)/C(F)=C/c1cc(Cl)cs1. The molecule has 1 rings (SSSR count). The summed E-state index contributed by atoms with van der Waals surface area (Å²) in [7, 11) is 0. The Hall–Kier alpha value is -0.870. The average Bonchev–Trinajstić information content (AvgIpc) is 2.35. The Bertz CT molecular complexity index is 332. The minimum absolute atomic E-state index is 0.476. The number of thiophene rings is 1. The van der Waals surface area contributed by atoms with Crippen LogP contribution in [0, 0.1) is 0 Å². The number of aliphatic carboxylic acids is 1. The lowest BCUT2D eigenvalue weighted by atomic mass is 10.4. The molecule has 2 nitrogen and oxygen atoms in total. The van der Waals surface area contributed by atoms with Gasteiger partial charge in [0.05, 0.1) is 5.02 Å².